The lowest BCUT2D eigenvalue weighted by molar-refractivity contribution is -0.154. The van der Waals surface area contributed by atoms with Crippen molar-refractivity contribution in [2.45, 2.75) is 71.9 Å². The summed E-state index contributed by atoms with van der Waals surface area (Å²) in [5.74, 6) is -0.0217. The minimum atomic E-state index is -0.463. The summed E-state index contributed by atoms with van der Waals surface area (Å²) in [5.41, 5.74) is 6.27. The van der Waals surface area contributed by atoms with E-state index in [1.807, 2.05) is 13.8 Å². The zero-order chi connectivity index (χ0) is 13.1. The maximum atomic E-state index is 11.8. The van der Waals surface area contributed by atoms with E-state index in [0.717, 1.165) is 32.1 Å². The number of rotatable bonds is 4. The Balaban J connectivity index is 2.38. The first-order valence-electron chi connectivity index (χ1n) is 6.82. The largest absolute Gasteiger partial charge is 0.461 e. The highest BCUT2D eigenvalue weighted by Gasteiger charge is 2.30. The zero-order valence-electron chi connectivity index (χ0n) is 11.7. The number of hydrogen-bond acceptors (Lipinski definition) is 3. The molecule has 0 aromatic rings. The van der Waals surface area contributed by atoms with Crippen molar-refractivity contribution in [1.29, 1.82) is 0 Å². The molecule has 0 aromatic carbocycles. The van der Waals surface area contributed by atoms with Gasteiger partial charge in [-0.3, -0.25) is 4.79 Å². The minimum Gasteiger partial charge on any atom is -0.461 e. The quantitative estimate of drug-likeness (QED) is 0.770. The Morgan fingerprint density at radius 3 is 2.41 bits per heavy atom. The van der Waals surface area contributed by atoms with E-state index in [1.54, 1.807) is 0 Å². The number of nitrogens with two attached hydrogens (primary N) is 1. The fourth-order valence-corrected chi connectivity index (χ4v) is 2.22. The molecule has 2 atom stereocenters. The molecule has 1 rings (SSSR count). The van der Waals surface area contributed by atoms with Crippen LogP contribution in [0.15, 0.2) is 0 Å². The van der Waals surface area contributed by atoms with E-state index in [-0.39, 0.29) is 18.0 Å². The predicted octanol–water partition coefficient (Wildman–Crippen LogP) is 2.87. The van der Waals surface area contributed by atoms with Gasteiger partial charge in [-0.25, -0.2) is 0 Å². The molecule has 1 aliphatic rings. The van der Waals surface area contributed by atoms with E-state index in [1.165, 1.54) is 0 Å². The average Bonchev–Trinajstić information content (AvgIpc) is 2.29. The molecule has 1 unspecified atom stereocenters. The maximum Gasteiger partial charge on any atom is 0.323 e. The molecular formula is C14H27NO2. The van der Waals surface area contributed by atoms with Gasteiger partial charge in [0.1, 0.15) is 12.1 Å². The van der Waals surface area contributed by atoms with E-state index in [9.17, 15) is 4.79 Å². The molecule has 1 fully saturated rings. The normalized spacial score (nSPS) is 24.1. The van der Waals surface area contributed by atoms with Crippen molar-refractivity contribution in [1.82, 2.24) is 0 Å². The van der Waals surface area contributed by atoms with Gasteiger partial charge in [-0.15, -0.1) is 0 Å². The monoisotopic (exact) mass is 241 g/mol. The van der Waals surface area contributed by atoms with E-state index >= 15 is 0 Å². The number of esters is 1. The van der Waals surface area contributed by atoms with Crippen molar-refractivity contribution in [3.8, 4) is 0 Å². The lowest BCUT2D eigenvalue weighted by Crippen LogP contribution is -2.40. The van der Waals surface area contributed by atoms with Crippen molar-refractivity contribution in [2.24, 2.45) is 17.1 Å². The van der Waals surface area contributed by atoms with Crippen LogP contribution in [0.1, 0.15) is 59.8 Å². The van der Waals surface area contributed by atoms with E-state index in [4.69, 9.17) is 10.5 Å². The van der Waals surface area contributed by atoms with Crippen LogP contribution in [0.25, 0.3) is 0 Å². The second-order valence-electron chi connectivity index (χ2n) is 6.21. The molecule has 100 valence electrons. The van der Waals surface area contributed by atoms with Crippen LogP contribution in [-0.2, 0) is 9.53 Å². The topological polar surface area (TPSA) is 52.3 Å². The van der Waals surface area contributed by atoms with Crippen molar-refractivity contribution in [3.05, 3.63) is 0 Å². The van der Waals surface area contributed by atoms with E-state index < -0.39 is 6.04 Å². The van der Waals surface area contributed by atoms with Crippen LogP contribution in [0.5, 0.6) is 0 Å². The fraction of sp³-hybridized carbons (Fsp3) is 0.929. The fourth-order valence-electron chi connectivity index (χ4n) is 2.22. The Morgan fingerprint density at radius 1 is 1.41 bits per heavy atom. The van der Waals surface area contributed by atoms with Gasteiger partial charge in [0.25, 0.3) is 0 Å². The van der Waals surface area contributed by atoms with Crippen LogP contribution in [0.2, 0.25) is 0 Å². The number of carbonyl (C=O) groups is 1. The summed E-state index contributed by atoms with van der Waals surface area (Å²) in [6.07, 6.45) is 5.21. The highest BCUT2D eigenvalue weighted by molar-refractivity contribution is 5.76. The van der Waals surface area contributed by atoms with Crippen LogP contribution >= 0.6 is 0 Å². The van der Waals surface area contributed by atoms with Gasteiger partial charge in [0.15, 0.2) is 0 Å². The van der Waals surface area contributed by atoms with Gasteiger partial charge in [0.2, 0.25) is 0 Å². The number of carbonyl (C=O) groups excluding carboxylic acids is 1. The second-order valence-corrected chi connectivity index (χ2v) is 6.21. The zero-order valence-corrected chi connectivity index (χ0v) is 11.7. The molecule has 3 nitrogen and oxygen atoms in total. The van der Waals surface area contributed by atoms with Crippen LogP contribution in [0.4, 0.5) is 0 Å². The summed E-state index contributed by atoms with van der Waals surface area (Å²) in [7, 11) is 0. The molecule has 0 aliphatic heterocycles. The van der Waals surface area contributed by atoms with Crippen LogP contribution in [0.3, 0.4) is 0 Å². The molecule has 0 saturated heterocycles. The van der Waals surface area contributed by atoms with Gasteiger partial charge in [0.05, 0.1) is 0 Å². The lowest BCUT2D eigenvalue weighted by atomic mass is 9.76. The molecule has 17 heavy (non-hydrogen) atoms. The lowest BCUT2D eigenvalue weighted by Gasteiger charge is -2.34. The molecule has 2 N–H and O–H groups in total. The van der Waals surface area contributed by atoms with E-state index in [2.05, 4.69) is 13.8 Å². The summed E-state index contributed by atoms with van der Waals surface area (Å²) < 4.78 is 5.51. The Kier molecular flexibility index (Phi) is 4.99. The molecule has 0 spiro atoms. The first-order valence-corrected chi connectivity index (χ1v) is 6.82. The smallest absolute Gasteiger partial charge is 0.323 e. The molecule has 3 heteroatoms. The molecular weight excluding hydrogens is 214 g/mol. The Labute approximate surface area is 105 Å². The standard InChI is InChI=1S/C14H27NO2/c1-5-10(2)12(15)13(16)17-11-6-8-14(3,4)9-7-11/h10-12H,5-9,15H2,1-4H3/t10?,12-/m0/s1. The van der Waals surface area contributed by atoms with Crippen LogP contribution < -0.4 is 5.73 Å². The third-order valence-electron chi connectivity index (χ3n) is 4.10. The molecule has 0 heterocycles. The third kappa shape index (κ3) is 4.30. The average molecular weight is 241 g/mol. The van der Waals surface area contributed by atoms with Crippen LogP contribution in [0, 0.1) is 11.3 Å². The predicted molar refractivity (Wildman–Crippen MR) is 69.6 cm³/mol. The van der Waals surface area contributed by atoms with Gasteiger partial charge in [-0.05, 0) is 37.0 Å². The summed E-state index contributed by atoms with van der Waals surface area (Å²) in [4.78, 5) is 11.8. The Bertz CT molecular complexity index is 253. The molecule has 0 aromatic heterocycles. The van der Waals surface area contributed by atoms with Crippen molar-refractivity contribution < 1.29 is 9.53 Å². The highest BCUT2D eigenvalue weighted by atomic mass is 16.5. The Morgan fingerprint density at radius 2 is 1.94 bits per heavy atom. The molecule has 1 saturated carbocycles. The molecule has 1 aliphatic carbocycles. The number of ether oxygens (including phenoxy) is 1. The second kappa shape index (κ2) is 5.85. The van der Waals surface area contributed by atoms with Gasteiger partial charge in [-0.1, -0.05) is 34.1 Å². The third-order valence-corrected chi connectivity index (χ3v) is 4.10. The summed E-state index contributed by atoms with van der Waals surface area (Å²) >= 11 is 0. The van der Waals surface area contributed by atoms with Crippen molar-refractivity contribution in [3.63, 3.8) is 0 Å². The minimum absolute atomic E-state index is 0.0885. The summed E-state index contributed by atoms with van der Waals surface area (Å²) in [5, 5.41) is 0. The van der Waals surface area contributed by atoms with Gasteiger partial charge < -0.3 is 10.5 Å². The first kappa shape index (κ1) is 14.5. The number of hydrogen-bond donors (Lipinski definition) is 1. The van der Waals surface area contributed by atoms with Gasteiger partial charge in [-0.2, -0.15) is 0 Å². The maximum absolute atomic E-state index is 11.8. The van der Waals surface area contributed by atoms with Crippen molar-refractivity contribution in [2.75, 3.05) is 0 Å². The van der Waals surface area contributed by atoms with Gasteiger partial charge >= 0.3 is 5.97 Å². The summed E-state index contributed by atoms with van der Waals surface area (Å²) in [6.45, 7) is 8.59. The molecule has 0 radical (unpaired) electrons. The molecule has 0 bridgehead atoms. The van der Waals surface area contributed by atoms with Crippen molar-refractivity contribution >= 4 is 5.97 Å². The first-order chi connectivity index (χ1) is 7.85. The van der Waals surface area contributed by atoms with Gasteiger partial charge in [0, 0.05) is 0 Å². The SMILES string of the molecule is CCC(C)[C@H](N)C(=O)OC1CCC(C)(C)CC1. The summed E-state index contributed by atoms with van der Waals surface area (Å²) in [6, 6.07) is -0.463. The van der Waals surface area contributed by atoms with Crippen LogP contribution in [-0.4, -0.2) is 18.1 Å². The van der Waals surface area contributed by atoms with E-state index in [0.29, 0.717) is 5.41 Å². The highest BCUT2D eigenvalue weighted by Crippen LogP contribution is 2.36. The molecule has 0 amide bonds. The Hall–Kier alpha value is -0.570.